The molecule has 4 rings (SSSR count). The number of hydrogen-bond donors (Lipinski definition) is 0. The molecule has 1 saturated heterocycles. The first-order valence-corrected chi connectivity index (χ1v) is 9.19. The van der Waals surface area contributed by atoms with Gasteiger partial charge in [-0.25, -0.2) is 4.98 Å². The molecule has 0 saturated carbocycles. The van der Waals surface area contributed by atoms with E-state index in [0.717, 1.165) is 24.2 Å². The van der Waals surface area contributed by atoms with Gasteiger partial charge in [0.1, 0.15) is 11.7 Å². The van der Waals surface area contributed by atoms with Gasteiger partial charge in [0.15, 0.2) is 10.8 Å². The number of thiazole rings is 1. The summed E-state index contributed by atoms with van der Waals surface area (Å²) in [5.41, 5.74) is 0.456. The Morgan fingerprint density at radius 2 is 2.36 bits per heavy atom. The first-order chi connectivity index (χ1) is 12.3. The lowest BCUT2D eigenvalue weighted by atomic mass is 10.0. The van der Waals surface area contributed by atoms with Crippen LogP contribution in [0.5, 0.6) is 0 Å². The smallest absolute Gasteiger partial charge is 0.274 e. The minimum Gasteiger partial charge on any atom is -0.384 e. The zero-order chi connectivity index (χ0) is 17.2. The van der Waals surface area contributed by atoms with E-state index in [2.05, 4.69) is 15.1 Å². The Hall–Kier alpha value is -2.26. The number of aromatic nitrogens is 4. The second kappa shape index (κ2) is 6.93. The van der Waals surface area contributed by atoms with Crippen LogP contribution in [0.3, 0.4) is 0 Å². The van der Waals surface area contributed by atoms with E-state index in [-0.39, 0.29) is 11.9 Å². The summed E-state index contributed by atoms with van der Waals surface area (Å²) in [5, 5.41) is 5.94. The van der Waals surface area contributed by atoms with Crippen LogP contribution in [0.4, 0.5) is 0 Å². The fraction of sp³-hybridized carbons (Fsp3) is 0.500. The average Bonchev–Trinajstić information content (AvgIpc) is 3.35. The largest absolute Gasteiger partial charge is 0.384 e. The molecule has 1 fully saturated rings. The number of carbonyl (C=O) groups excluding carboxylic acids is 1. The SMILES string of the molecule is COCCc1noc([C@H]2CCCCN2C(=O)c2cn3ccsc3n2)n1. The molecule has 1 amide bonds. The number of piperidine rings is 1. The van der Waals surface area contributed by atoms with Crippen LogP contribution in [-0.2, 0) is 11.2 Å². The topological polar surface area (TPSA) is 85.8 Å². The van der Waals surface area contributed by atoms with E-state index in [1.165, 1.54) is 11.3 Å². The van der Waals surface area contributed by atoms with Crippen LogP contribution in [-0.4, -0.2) is 50.6 Å². The maximum absolute atomic E-state index is 13.0. The van der Waals surface area contributed by atoms with E-state index in [1.54, 1.807) is 13.3 Å². The van der Waals surface area contributed by atoms with Gasteiger partial charge in [-0.05, 0) is 19.3 Å². The first-order valence-electron chi connectivity index (χ1n) is 8.31. The Labute approximate surface area is 148 Å². The average molecular weight is 361 g/mol. The monoisotopic (exact) mass is 361 g/mol. The number of methoxy groups -OCH3 is 1. The molecule has 1 atom stereocenters. The van der Waals surface area contributed by atoms with Crippen molar-refractivity contribution in [2.45, 2.75) is 31.7 Å². The predicted molar refractivity (Wildman–Crippen MR) is 90.6 cm³/mol. The molecule has 4 heterocycles. The van der Waals surface area contributed by atoms with Crippen molar-refractivity contribution in [2.24, 2.45) is 0 Å². The van der Waals surface area contributed by atoms with Gasteiger partial charge in [0, 0.05) is 37.8 Å². The van der Waals surface area contributed by atoms with E-state index < -0.39 is 0 Å². The molecule has 0 aromatic carbocycles. The van der Waals surface area contributed by atoms with Crippen LogP contribution in [0.1, 0.15) is 47.5 Å². The second-order valence-electron chi connectivity index (χ2n) is 6.02. The van der Waals surface area contributed by atoms with Gasteiger partial charge >= 0.3 is 0 Å². The number of amides is 1. The summed E-state index contributed by atoms with van der Waals surface area (Å²) in [6.45, 7) is 1.21. The highest BCUT2D eigenvalue weighted by Crippen LogP contribution is 2.31. The summed E-state index contributed by atoms with van der Waals surface area (Å²) >= 11 is 1.51. The van der Waals surface area contributed by atoms with Crippen molar-refractivity contribution in [1.29, 1.82) is 0 Å². The number of ether oxygens (including phenoxy) is 1. The molecule has 0 radical (unpaired) electrons. The van der Waals surface area contributed by atoms with Gasteiger partial charge in [0.2, 0.25) is 5.89 Å². The van der Waals surface area contributed by atoms with Crippen molar-refractivity contribution in [3.63, 3.8) is 0 Å². The summed E-state index contributed by atoms with van der Waals surface area (Å²) in [4.78, 5) is 24.5. The third-order valence-electron chi connectivity index (χ3n) is 4.37. The lowest BCUT2D eigenvalue weighted by molar-refractivity contribution is 0.0556. The van der Waals surface area contributed by atoms with E-state index >= 15 is 0 Å². The van der Waals surface area contributed by atoms with Crippen LogP contribution < -0.4 is 0 Å². The van der Waals surface area contributed by atoms with Gasteiger partial charge in [0.25, 0.3) is 5.91 Å². The van der Waals surface area contributed by atoms with Crippen LogP contribution in [0.25, 0.3) is 4.96 Å². The highest BCUT2D eigenvalue weighted by atomic mass is 32.1. The lowest BCUT2D eigenvalue weighted by Crippen LogP contribution is -2.38. The lowest BCUT2D eigenvalue weighted by Gasteiger charge is -2.32. The highest BCUT2D eigenvalue weighted by molar-refractivity contribution is 7.15. The van der Waals surface area contributed by atoms with Gasteiger partial charge in [-0.3, -0.25) is 9.20 Å². The molecule has 0 aliphatic carbocycles. The first kappa shape index (κ1) is 16.2. The Morgan fingerprint density at radius 1 is 1.44 bits per heavy atom. The van der Waals surface area contributed by atoms with Gasteiger partial charge in [-0.15, -0.1) is 11.3 Å². The Kier molecular flexibility index (Phi) is 4.50. The molecular weight excluding hydrogens is 342 g/mol. The number of rotatable bonds is 5. The Morgan fingerprint density at radius 3 is 3.20 bits per heavy atom. The van der Waals surface area contributed by atoms with Gasteiger partial charge in [0.05, 0.1) is 6.61 Å². The van der Waals surface area contributed by atoms with E-state index in [4.69, 9.17) is 9.26 Å². The van der Waals surface area contributed by atoms with Gasteiger partial charge in [-0.2, -0.15) is 4.98 Å². The molecule has 8 nitrogen and oxygen atoms in total. The second-order valence-corrected chi connectivity index (χ2v) is 6.89. The maximum Gasteiger partial charge on any atom is 0.274 e. The fourth-order valence-electron chi connectivity index (χ4n) is 3.11. The number of likely N-dealkylation sites (tertiary alicyclic amines) is 1. The summed E-state index contributed by atoms with van der Waals surface area (Å²) in [5.74, 6) is 1.02. The molecule has 132 valence electrons. The van der Waals surface area contributed by atoms with E-state index in [0.29, 0.717) is 37.0 Å². The van der Waals surface area contributed by atoms with Crippen LogP contribution >= 0.6 is 11.3 Å². The number of carbonyl (C=O) groups is 1. The standard InChI is InChI=1S/C16H19N5O3S/c1-23-8-5-13-18-14(24-19-13)12-4-2-3-6-21(12)15(22)11-10-20-7-9-25-16(20)17-11/h7,9-10,12H,2-6,8H2,1H3/t12-/m1/s1. The summed E-state index contributed by atoms with van der Waals surface area (Å²) in [6.07, 6.45) is 7.09. The molecule has 3 aromatic rings. The van der Waals surface area contributed by atoms with Crippen molar-refractivity contribution >= 4 is 22.2 Å². The van der Waals surface area contributed by atoms with Crippen molar-refractivity contribution in [2.75, 3.05) is 20.3 Å². The molecule has 9 heteroatoms. The zero-order valence-corrected chi connectivity index (χ0v) is 14.7. The van der Waals surface area contributed by atoms with Gasteiger partial charge in [-0.1, -0.05) is 5.16 Å². The van der Waals surface area contributed by atoms with Crippen LogP contribution in [0, 0.1) is 0 Å². The molecule has 1 aliphatic rings. The van der Waals surface area contributed by atoms with E-state index in [9.17, 15) is 4.79 Å². The number of hydrogen-bond acceptors (Lipinski definition) is 7. The molecular formula is C16H19N5O3S. The van der Waals surface area contributed by atoms with Gasteiger partial charge < -0.3 is 14.2 Å². The van der Waals surface area contributed by atoms with Crippen molar-refractivity contribution in [3.8, 4) is 0 Å². The minimum atomic E-state index is -0.190. The maximum atomic E-state index is 13.0. The third-order valence-corrected chi connectivity index (χ3v) is 5.15. The third kappa shape index (κ3) is 3.16. The number of nitrogens with zero attached hydrogens (tertiary/aromatic N) is 5. The van der Waals surface area contributed by atoms with Crippen molar-refractivity contribution in [3.05, 3.63) is 35.2 Å². The molecule has 0 bridgehead atoms. The molecule has 3 aromatic heterocycles. The number of imidazole rings is 1. The molecule has 25 heavy (non-hydrogen) atoms. The quantitative estimate of drug-likeness (QED) is 0.693. The molecule has 0 spiro atoms. The fourth-order valence-corrected chi connectivity index (χ4v) is 3.81. The highest BCUT2D eigenvalue weighted by Gasteiger charge is 2.33. The minimum absolute atomic E-state index is 0.0859. The Balaban J connectivity index is 1.56. The van der Waals surface area contributed by atoms with Crippen molar-refractivity contribution in [1.82, 2.24) is 24.4 Å². The van der Waals surface area contributed by atoms with Crippen molar-refractivity contribution < 1.29 is 14.1 Å². The van der Waals surface area contributed by atoms with Crippen LogP contribution in [0.2, 0.25) is 0 Å². The van der Waals surface area contributed by atoms with E-state index in [1.807, 2.05) is 20.9 Å². The molecule has 0 N–H and O–H groups in total. The molecule has 1 aliphatic heterocycles. The summed E-state index contributed by atoms with van der Waals surface area (Å²) in [7, 11) is 1.64. The summed E-state index contributed by atoms with van der Waals surface area (Å²) < 4.78 is 12.3. The molecule has 0 unspecified atom stereocenters. The number of fused-ring (bicyclic) bond motifs is 1. The van der Waals surface area contributed by atoms with Crippen LogP contribution in [0.15, 0.2) is 22.3 Å². The normalized spacial score (nSPS) is 18.1. The predicted octanol–water partition coefficient (Wildman–Crippen LogP) is 2.34. The summed E-state index contributed by atoms with van der Waals surface area (Å²) in [6, 6.07) is -0.190. The Bertz CT molecular complexity index is 842. The zero-order valence-electron chi connectivity index (χ0n) is 13.9.